The molecule has 294 valence electrons. The van der Waals surface area contributed by atoms with Gasteiger partial charge in [-0.25, -0.2) is 0 Å². The highest BCUT2D eigenvalue weighted by atomic mass is 16.6. The van der Waals surface area contributed by atoms with Crippen LogP contribution in [0.3, 0.4) is 0 Å². The molecule has 4 saturated carbocycles. The second kappa shape index (κ2) is 20.1. The normalized spacial score (nSPS) is 34.9. The minimum atomic E-state index is -0.322. The molecule has 10 heteroatoms. The van der Waals surface area contributed by atoms with Crippen LogP contribution in [0.25, 0.3) is 0 Å². The Morgan fingerprint density at radius 2 is 1.45 bits per heavy atom. The van der Waals surface area contributed by atoms with E-state index in [0.717, 1.165) is 70.6 Å². The summed E-state index contributed by atoms with van der Waals surface area (Å²) in [6.45, 7) is 11.5. The Bertz CT molecular complexity index is 1110. The summed E-state index contributed by atoms with van der Waals surface area (Å²) in [4.78, 5) is 39.2. The number of hydrogen-bond donors (Lipinski definition) is 3. The number of hydrogen-bond acceptors (Lipinski definition) is 10. The minimum absolute atomic E-state index is 0.0124. The Labute approximate surface area is 308 Å². The zero-order chi connectivity index (χ0) is 37.0. The zero-order valence-electron chi connectivity index (χ0n) is 32.5. The van der Waals surface area contributed by atoms with E-state index in [4.69, 9.17) is 36.1 Å². The van der Waals surface area contributed by atoms with E-state index in [9.17, 15) is 14.4 Å². The van der Waals surface area contributed by atoms with Gasteiger partial charge in [-0.2, -0.15) is 0 Å². The standard InChI is InChI=1S/C41H73N3O7/c1-5-6-7-8-9-10-23-49-36(45)15-12-28(2)31-13-14-32-39-33(27-35(41(31,32)4)51-38(47)18-22-44)40(3)19-16-30(48-24-11-20-42)25-29(40)26-34(39)50-37(46)17-21-43/h28-35,39H,5-27,42-44H2,1-4H3/t28-,29+,30-,31?,32+,33+,34-,35+,39+,40+,41-/m1/s1. The van der Waals surface area contributed by atoms with Crippen LogP contribution in [0.2, 0.25) is 0 Å². The number of unbranched alkanes of at least 4 members (excludes halogenated alkanes) is 5. The van der Waals surface area contributed by atoms with E-state index in [1.807, 2.05) is 0 Å². The van der Waals surface area contributed by atoms with Gasteiger partial charge in [0.1, 0.15) is 12.2 Å². The van der Waals surface area contributed by atoms with Crippen LogP contribution in [0.1, 0.15) is 143 Å². The molecule has 51 heavy (non-hydrogen) atoms. The first kappa shape index (κ1) is 42.0. The maximum Gasteiger partial charge on any atom is 0.307 e. The second-order valence-electron chi connectivity index (χ2n) is 17.0. The van der Waals surface area contributed by atoms with E-state index in [0.29, 0.717) is 32.1 Å². The largest absolute Gasteiger partial charge is 0.466 e. The van der Waals surface area contributed by atoms with Crippen molar-refractivity contribution < 1.29 is 33.3 Å². The van der Waals surface area contributed by atoms with Gasteiger partial charge in [0, 0.05) is 37.5 Å². The van der Waals surface area contributed by atoms with Crippen molar-refractivity contribution in [3.8, 4) is 0 Å². The Morgan fingerprint density at radius 3 is 2.16 bits per heavy atom. The van der Waals surface area contributed by atoms with Gasteiger partial charge in [-0.05, 0) is 106 Å². The molecule has 11 atom stereocenters. The van der Waals surface area contributed by atoms with Crippen LogP contribution in [-0.2, 0) is 33.3 Å². The average molecular weight is 720 g/mol. The summed E-state index contributed by atoms with van der Waals surface area (Å²) in [7, 11) is 0. The third kappa shape index (κ3) is 10.3. The Morgan fingerprint density at radius 1 is 0.745 bits per heavy atom. The number of ether oxygens (including phenoxy) is 4. The molecule has 0 bridgehead atoms. The molecule has 0 aliphatic heterocycles. The van der Waals surface area contributed by atoms with Crippen molar-refractivity contribution in [2.24, 2.45) is 63.5 Å². The molecular formula is C41H73N3O7. The predicted octanol–water partition coefficient (Wildman–Crippen LogP) is 6.44. The summed E-state index contributed by atoms with van der Waals surface area (Å²) in [5, 5.41) is 0. The zero-order valence-corrected chi connectivity index (χ0v) is 32.5. The van der Waals surface area contributed by atoms with Crippen LogP contribution in [0.5, 0.6) is 0 Å². The van der Waals surface area contributed by atoms with E-state index in [2.05, 4.69) is 27.7 Å². The summed E-state index contributed by atoms with van der Waals surface area (Å²) in [6, 6.07) is 0. The van der Waals surface area contributed by atoms with Gasteiger partial charge >= 0.3 is 17.9 Å². The lowest BCUT2D eigenvalue weighted by molar-refractivity contribution is -0.226. The van der Waals surface area contributed by atoms with Crippen molar-refractivity contribution in [3.05, 3.63) is 0 Å². The van der Waals surface area contributed by atoms with Gasteiger partial charge in [0.15, 0.2) is 0 Å². The molecule has 0 heterocycles. The summed E-state index contributed by atoms with van der Waals surface area (Å²) >= 11 is 0. The van der Waals surface area contributed by atoms with Gasteiger partial charge in [0.2, 0.25) is 0 Å². The summed E-state index contributed by atoms with van der Waals surface area (Å²) in [5.74, 6) is 0.845. The van der Waals surface area contributed by atoms with Gasteiger partial charge in [-0.15, -0.1) is 0 Å². The Hall–Kier alpha value is -1.75. The molecule has 4 fully saturated rings. The fraction of sp³-hybridized carbons (Fsp3) is 0.927. The fourth-order valence-corrected chi connectivity index (χ4v) is 11.2. The van der Waals surface area contributed by atoms with Crippen LogP contribution in [0, 0.1) is 46.3 Å². The molecule has 4 aliphatic carbocycles. The molecule has 0 aromatic heterocycles. The predicted molar refractivity (Wildman–Crippen MR) is 199 cm³/mol. The molecule has 0 radical (unpaired) electrons. The van der Waals surface area contributed by atoms with Crippen LogP contribution in [0.15, 0.2) is 0 Å². The number of esters is 3. The third-order valence-electron chi connectivity index (χ3n) is 14.0. The summed E-state index contributed by atoms with van der Waals surface area (Å²) < 4.78 is 24.9. The van der Waals surface area contributed by atoms with Crippen molar-refractivity contribution in [3.63, 3.8) is 0 Å². The molecule has 4 rings (SSSR count). The number of carbonyl (C=O) groups excluding carboxylic acids is 3. The maximum absolute atomic E-state index is 13.2. The van der Waals surface area contributed by atoms with Crippen LogP contribution in [-0.4, -0.2) is 69.1 Å². The molecule has 6 N–H and O–H groups in total. The lowest BCUT2D eigenvalue weighted by atomic mass is 9.43. The first-order chi connectivity index (χ1) is 24.5. The van der Waals surface area contributed by atoms with Crippen molar-refractivity contribution >= 4 is 17.9 Å². The second-order valence-corrected chi connectivity index (χ2v) is 17.0. The van der Waals surface area contributed by atoms with E-state index in [1.165, 1.54) is 25.7 Å². The van der Waals surface area contributed by atoms with Crippen molar-refractivity contribution in [1.29, 1.82) is 0 Å². The van der Waals surface area contributed by atoms with Gasteiger partial charge in [0.25, 0.3) is 0 Å². The highest BCUT2D eigenvalue weighted by Crippen LogP contribution is 2.69. The number of nitrogens with two attached hydrogens (primary N) is 3. The lowest BCUT2D eigenvalue weighted by Gasteiger charge is -2.64. The molecule has 0 saturated heterocycles. The van der Waals surface area contributed by atoms with Crippen molar-refractivity contribution in [1.82, 2.24) is 0 Å². The van der Waals surface area contributed by atoms with E-state index in [1.54, 1.807) is 0 Å². The van der Waals surface area contributed by atoms with Gasteiger partial charge < -0.3 is 36.1 Å². The number of fused-ring (bicyclic) bond motifs is 5. The molecule has 0 aromatic carbocycles. The fourth-order valence-electron chi connectivity index (χ4n) is 11.2. The maximum atomic E-state index is 13.2. The van der Waals surface area contributed by atoms with Crippen LogP contribution < -0.4 is 17.2 Å². The molecule has 1 unspecified atom stereocenters. The quantitative estimate of drug-likeness (QED) is 0.0683. The van der Waals surface area contributed by atoms with E-state index < -0.39 is 0 Å². The van der Waals surface area contributed by atoms with Crippen molar-refractivity contribution in [2.45, 2.75) is 162 Å². The molecule has 0 spiro atoms. The molecule has 10 nitrogen and oxygen atoms in total. The first-order valence-corrected chi connectivity index (χ1v) is 20.8. The Balaban J connectivity index is 1.54. The third-order valence-corrected chi connectivity index (χ3v) is 14.0. The first-order valence-electron chi connectivity index (χ1n) is 20.8. The summed E-state index contributed by atoms with van der Waals surface area (Å²) in [6.07, 6.45) is 15.5. The smallest absolute Gasteiger partial charge is 0.307 e. The highest BCUT2D eigenvalue weighted by molar-refractivity contribution is 5.70. The van der Waals surface area contributed by atoms with Gasteiger partial charge in [0.05, 0.1) is 25.6 Å². The monoisotopic (exact) mass is 720 g/mol. The molecular weight excluding hydrogens is 646 g/mol. The molecule has 0 aromatic rings. The van der Waals surface area contributed by atoms with Gasteiger partial charge in [-0.3, -0.25) is 14.4 Å². The minimum Gasteiger partial charge on any atom is -0.466 e. The molecule has 0 amide bonds. The highest BCUT2D eigenvalue weighted by Gasteiger charge is 2.67. The number of rotatable bonds is 21. The molecule has 4 aliphatic rings. The SMILES string of the molecule is CCCCCCCCOC(=O)CC[C@@H](C)C1CC[C@H]2[C@@H]3[C@H](OC(=O)CCN)C[C@@H]4C[C@H](OCCCN)CC[C@]4(C)[C@H]3C[C@H](OC(=O)CCN)[C@]12C. The van der Waals surface area contributed by atoms with Gasteiger partial charge in [-0.1, -0.05) is 59.8 Å². The van der Waals surface area contributed by atoms with E-state index in [-0.39, 0.29) is 103 Å². The number of carbonyl (C=O) groups is 3. The average Bonchev–Trinajstić information content (AvgIpc) is 3.46. The topological polar surface area (TPSA) is 166 Å². The van der Waals surface area contributed by atoms with Crippen LogP contribution >= 0.6 is 0 Å². The Kier molecular flexibility index (Phi) is 16.5. The lowest BCUT2D eigenvalue weighted by Crippen LogP contribution is -2.63. The summed E-state index contributed by atoms with van der Waals surface area (Å²) in [5.41, 5.74) is 17.1. The van der Waals surface area contributed by atoms with Crippen LogP contribution in [0.4, 0.5) is 0 Å². The van der Waals surface area contributed by atoms with E-state index >= 15 is 0 Å². The van der Waals surface area contributed by atoms with Crippen molar-refractivity contribution in [2.75, 3.05) is 32.8 Å².